The number of hydrogen-bond acceptors (Lipinski definition) is 6. The van der Waals surface area contributed by atoms with Crippen molar-refractivity contribution in [3.63, 3.8) is 0 Å². The number of anilines is 1. The van der Waals surface area contributed by atoms with Gasteiger partial charge in [-0.1, -0.05) is 6.92 Å². The summed E-state index contributed by atoms with van der Waals surface area (Å²) in [5.74, 6) is 1.09. The van der Waals surface area contributed by atoms with Crippen LogP contribution in [0.2, 0.25) is 0 Å². The van der Waals surface area contributed by atoms with Crippen molar-refractivity contribution in [1.29, 1.82) is 0 Å². The minimum Gasteiger partial charge on any atom is -0.464 e. The molecule has 102 valence electrons. The first kappa shape index (κ1) is 12.3. The van der Waals surface area contributed by atoms with Gasteiger partial charge in [-0.05, 0) is 12.3 Å². The highest BCUT2D eigenvalue weighted by Gasteiger charge is 2.53. The Labute approximate surface area is 112 Å². The van der Waals surface area contributed by atoms with E-state index in [1.165, 1.54) is 19.7 Å². The Morgan fingerprint density at radius 3 is 2.89 bits per heavy atom. The Morgan fingerprint density at radius 1 is 1.53 bits per heavy atom. The number of rotatable bonds is 2. The zero-order valence-corrected chi connectivity index (χ0v) is 11.2. The smallest absolute Gasteiger partial charge is 0.358 e. The van der Waals surface area contributed by atoms with Crippen LogP contribution in [0.15, 0.2) is 12.4 Å². The van der Waals surface area contributed by atoms with Gasteiger partial charge in [0.05, 0.1) is 19.5 Å². The van der Waals surface area contributed by atoms with Gasteiger partial charge in [-0.25, -0.2) is 14.8 Å². The maximum atomic E-state index is 11.3. The van der Waals surface area contributed by atoms with E-state index in [-0.39, 0.29) is 11.2 Å². The predicted octanol–water partition coefficient (Wildman–Crippen LogP) is 0.451. The summed E-state index contributed by atoms with van der Waals surface area (Å²) >= 11 is 0. The van der Waals surface area contributed by atoms with Crippen molar-refractivity contribution in [3.8, 4) is 0 Å². The van der Waals surface area contributed by atoms with Gasteiger partial charge < -0.3 is 15.0 Å². The van der Waals surface area contributed by atoms with Gasteiger partial charge >= 0.3 is 5.97 Å². The lowest BCUT2D eigenvalue weighted by molar-refractivity contribution is 0.0593. The molecule has 3 rings (SSSR count). The molecule has 1 saturated heterocycles. The van der Waals surface area contributed by atoms with Crippen LogP contribution < -0.4 is 10.2 Å². The number of hydrogen-bond donors (Lipinski definition) is 1. The lowest BCUT2D eigenvalue weighted by Crippen LogP contribution is -2.53. The van der Waals surface area contributed by atoms with E-state index in [0.717, 1.165) is 31.4 Å². The fraction of sp³-hybridized carbons (Fsp3) is 0.615. The fourth-order valence-corrected chi connectivity index (χ4v) is 2.76. The second-order valence-corrected chi connectivity index (χ2v) is 5.36. The van der Waals surface area contributed by atoms with Crippen LogP contribution in [-0.4, -0.2) is 48.2 Å². The zero-order valence-electron chi connectivity index (χ0n) is 11.2. The van der Waals surface area contributed by atoms with E-state index in [4.69, 9.17) is 0 Å². The highest BCUT2D eigenvalue weighted by molar-refractivity contribution is 5.86. The molecule has 2 unspecified atom stereocenters. The molecule has 0 bridgehead atoms. The minimum atomic E-state index is -0.452. The molecule has 1 aliphatic heterocycles. The molecule has 2 atom stereocenters. The lowest BCUT2D eigenvalue weighted by Gasteiger charge is -2.35. The van der Waals surface area contributed by atoms with Gasteiger partial charge in [0.2, 0.25) is 0 Å². The maximum Gasteiger partial charge on any atom is 0.358 e. The first-order chi connectivity index (χ1) is 9.14. The van der Waals surface area contributed by atoms with Crippen LogP contribution in [0.25, 0.3) is 0 Å². The molecule has 6 nitrogen and oxygen atoms in total. The SMILES string of the molecule is COC(=O)c1cnc(N2CCNC3(CC3C)C2)cn1. The van der Waals surface area contributed by atoms with Crippen LogP contribution in [0, 0.1) is 5.92 Å². The van der Waals surface area contributed by atoms with Gasteiger partial charge in [0, 0.05) is 25.2 Å². The molecule has 1 N–H and O–H groups in total. The van der Waals surface area contributed by atoms with E-state index in [0.29, 0.717) is 0 Å². The molecular weight excluding hydrogens is 244 g/mol. The summed E-state index contributed by atoms with van der Waals surface area (Å²) < 4.78 is 4.61. The molecule has 2 heterocycles. The van der Waals surface area contributed by atoms with Crippen molar-refractivity contribution in [2.75, 3.05) is 31.6 Å². The number of nitrogens with one attached hydrogen (secondary N) is 1. The second kappa shape index (κ2) is 4.45. The van der Waals surface area contributed by atoms with Crippen LogP contribution >= 0.6 is 0 Å². The van der Waals surface area contributed by atoms with E-state index in [1.54, 1.807) is 6.20 Å². The number of carbonyl (C=O) groups excluding carboxylic acids is 1. The van der Waals surface area contributed by atoms with Gasteiger partial charge in [0.1, 0.15) is 5.82 Å². The van der Waals surface area contributed by atoms with E-state index < -0.39 is 5.97 Å². The molecule has 1 aromatic rings. The Balaban J connectivity index is 1.73. The highest BCUT2D eigenvalue weighted by Crippen LogP contribution is 2.44. The molecule has 1 aliphatic carbocycles. The summed E-state index contributed by atoms with van der Waals surface area (Å²) in [5, 5.41) is 3.59. The van der Waals surface area contributed by atoms with E-state index in [1.807, 2.05) is 0 Å². The van der Waals surface area contributed by atoms with Gasteiger partial charge in [-0.15, -0.1) is 0 Å². The van der Waals surface area contributed by atoms with E-state index in [2.05, 4.69) is 31.8 Å². The Hall–Kier alpha value is -1.69. The van der Waals surface area contributed by atoms with Crippen molar-refractivity contribution < 1.29 is 9.53 Å². The van der Waals surface area contributed by atoms with Crippen molar-refractivity contribution >= 4 is 11.8 Å². The molecule has 2 aliphatic rings. The van der Waals surface area contributed by atoms with Crippen LogP contribution in [-0.2, 0) is 4.74 Å². The van der Waals surface area contributed by atoms with Crippen molar-refractivity contribution in [2.45, 2.75) is 18.9 Å². The monoisotopic (exact) mass is 262 g/mol. The Kier molecular flexibility index (Phi) is 2.89. The molecule has 6 heteroatoms. The number of piperazine rings is 1. The quantitative estimate of drug-likeness (QED) is 0.781. The highest BCUT2D eigenvalue weighted by atomic mass is 16.5. The van der Waals surface area contributed by atoms with E-state index >= 15 is 0 Å². The summed E-state index contributed by atoms with van der Waals surface area (Å²) in [4.78, 5) is 22.0. The molecule has 1 spiro atoms. The van der Waals surface area contributed by atoms with Gasteiger partial charge in [0.25, 0.3) is 0 Å². The average molecular weight is 262 g/mol. The molecule has 19 heavy (non-hydrogen) atoms. The first-order valence-corrected chi connectivity index (χ1v) is 6.55. The largest absolute Gasteiger partial charge is 0.464 e. The summed E-state index contributed by atoms with van der Waals surface area (Å²) in [7, 11) is 1.34. The first-order valence-electron chi connectivity index (χ1n) is 6.55. The third kappa shape index (κ3) is 2.16. The summed E-state index contributed by atoms with van der Waals surface area (Å²) in [6, 6.07) is 0. The third-order valence-electron chi connectivity index (χ3n) is 4.14. The lowest BCUT2D eigenvalue weighted by atomic mass is 10.1. The van der Waals surface area contributed by atoms with Crippen LogP contribution in [0.3, 0.4) is 0 Å². The van der Waals surface area contributed by atoms with Crippen LogP contribution in [0.5, 0.6) is 0 Å². The molecule has 0 radical (unpaired) electrons. The normalized spacial score (nSPS) is 29.4. The number of ether oxygens (including phenoxy) is 1. The Morgan fingerprint density at radius 2 is 2.32 bits per heavy atom. The van der Waals surface area contributed by atoms with Gasteiger partial charge in [-0.2, -0.15) is 0 Å². The summed E-state index contributed by atoms with van der Waals surface area (Å²) in [5.41, 5.74) is 0.511. The number of aromatic nitrogens is 2. The van der Waals surface area contributed by atoms with Crippen LogP contribution in [0.1, 0.15) is 23.8 Å². The average Bonchev–Trinajstić information content (AvgIpc) is 3.06. The predicted molar refractivity (Wildman–Crippen MR) is 70.1 cm³/mol. The summed E-state index contributed by atoms with van der Waals surface area (Å²) in [6.45, 7) is 5.11. The Bertz CT molecular complexity index is 490. The number of nitrogens with zero attached hydrogens (tertiary/aromatic N) is 3. The topological polar surface area (TPSA) is 67.3 Å². The number of carbonyl (C=O) groups is 1. The molecule has 1 aromatic heterocycles. The molecule has 0 amide bonds. The number of esters is 1. The van der Waals surface area contributed by atoms with Gasteiger partial charge in [-0.3, -0.25) is 0 Å². The molecule has 1 saturated carbocycles. The maximum absolute atomic E-state index is 11.3. The second-order valence-electron chi connectivity index (χ2n) is 5.36. The fourth-order valence-electron chi connectivity index (χ4n) is 2.76. The van der Waals surface area contributed by atoms with Gasteiger partial charge in [0.15, 0.2) is 5.69 Å². The minimum absolute atomic E-state index is 0.246. The molecule has 0 aromatic carbocycles. The van der Waals surface area contributed by atoms with E-state index in [9.17, 15) is 4.79 Å². The standard InChI is InChI=1S/C13H18N4O2/c1-9-5-13(9)8-17(4-3-16-13)11-7-14-10(6-15-11)12(18)19-2/h6-7,9,16H,3-5,8H2,1-2H3. The summed E-state index contributed by atoms with van der Waals surface area (Å²) in [6.07, 6.45) is 4.35. The molecule has 2 fully saturated rings. The zero-order chi connectivity index (χ0) is 13.5. The number of methoxy groups -OCH3 is 1. The van der Waals surface area contributed by atoms with Crippen LogP contribution in [0.4, 0.5) is 5.82 Å². The van der Waals surface area contributed by atoms with Crippen molar-refractivity contribution in [3.05, 3.63) is 18.1 Å². The third-order valence-corrected chi connectivity index (χ3v) is 4.14. The van der Waals surface area contributed by atoms with Crippen molar-refractivity contribution in [2.24, 2.45) is 5.92 Å². The molecular formula is C13H18N4O2. The van der Waals surface area contributed by atoms with Crippen molar-refractivity contribution in [1.82, 2.24) is 15.3 Å².